The van der Waals surface area contributed by atoms with Gasteiger partial charge in [-0.1, -0.05) is 17.7 Å². The van der Waals surface area contributed by atoms with Crippen molar-refractivity contribution in [3.05, 3.63) is 57.4 Å². The standard InChI is InChI=1S/C12H8BrClFNS/c13-10-5-8(1-3-11(10)15)7-17-12-4-2-9(14)6-16-12/h1-6H,7H2. The highest BCUT2D eigenvalue weighted by atomic mass is 79.9. The van der Waals surface area contributed by atoms with E-state index in [0.717, 1.165) is 16.3 Å². The van der Waals surface area contributed by atoms with Gasteiger partial charge < -0.3 is 0 Å². The molecule has 1 aromatic carbocycles. The molecular formula is C12H8BrClFNS. The number of aromatic nitrogens is 1. The Hall–Kier alpha value is -0.580. The average molecular weight is 333 g/mol. The Labute approximate surface area is 117 Å². The van der Waals surface area contributed by atoms with Crippen molar-refractivity contribution in [3.63, 3.8) is 0 Å². The van der Waals surface area contributed by atoms with Crippen molar-refractivity contribution in [3.8, 4) is 0 Å². The molecule has 0 aliphatic rings. The Morgan fingerprint density at radius 2 is 2.12 bits per heavy atom. The van der Waals surface area contributed by atoms with Gasteiger partial charge in [0.2, 0.25) is 0 Å². The molecule has 5 heteroatoms. The van der Waals surface area contributed by atoms with Gasteiger partial charge in [0, 0.05) is 11.9 Å². The van der Waals surface area contributed by atoms with E-state index < -0.39 is 0 Å². The van der Waals surface area contributed by atoms with Crippen LogP contribution < -0.4 is 0 Å². The Balaban J connectivity index is 2.02. The van der Waals surface area contributed by atoms with Crippen LogP contribution in [0.4, 0.5) is 4.39 Å². The van der Waals surface area contributed by atoms with Gasteiger partial charge in [-0.25, -0.2) is 9.37 Å². The first-order chi connectivity index (χ1) is 8.15. The Bertz CT molecular complexity index is 518. The minimum atomic E-state index is -0.247. The Morgan fingerprint density at radius 1 is 1.29 bits per heavy atom. The fraction of sp³-hybridized carbons (Fsp3) is 0.0833. The maximum atomic E-state index is 13.0. The lowest BCUT2D eigenvalue weighted by Gasteiger charge is -2.02. The average Bonchev–Trinajstić information content (AvgIpc) is 2.33. The summed E-state index contributed by atoms with van der Waals surface area (Å²) >= 11 is 10.5. The number of nitrogens with zero attached hydrogens (tertiary/aromatic N) is 1. The van der Waals surface area contributed by atoms with Crippen molar-refractivity contribution < 1.29 is 4.39 Å². The molecule has 88 valence electrons. The van der Waals surface area contributed by atoms with Gasteiger partial charge in [0.15, 0.2) is 0 Å². The summed E-state index contributed by atoms with van der Waals surface area (Å²) in [6, 6.07) is 8.67. The zero-order chi connectivity index (χ0) is 12.3. The fourth-order valence-corrected chi connectivity index (χ4v) is 2.56. The summed E-state index contributed by atoms with van der Waals surface area (Å²) in [5, 5.41) is 1.52. The third kappa shape index (κ3) is 3.69. The van der Waals surface area contributed by atoms with Crippen molar-refractivity contribution in [1.82, 2.24) is 4.98 Å². The van der Waals surface area contributed by atoms with E-state index in [0.29, 0.717) is 9.50 Å². The first-order valence-electron chi connectivity index (χ1n) is 4.83. The SMILES string of the molecule is Fc1ccc(CSc2ccc(Cl)cn2)cc1Br. The van der Waals surface area contributed by atoms with E-state index in [2.05, 4.69) is 20.9 Å². The van der Waals surface area contributed by atoms with Gasteiger partial charge in [-0.05, 0) is 45.8 Å². The zero-order valence-electron chi connectivity index (χ0n) is 8.66. The summed E-state index contributed by atoms with van der Waals surface area (Å²) in [6.45, 7) is 0. The van der Waals surface area contributed by atoms with Crippen LogP contribution in [0.1, 0.15) is 5.56 Å². The molecule has 0 fully saturated rings. The summed E-state index contributed by atoms with van der Waals surface area (Å²) in [4.78, 5) is 4.18. The van der Waals surface area contributed by atoms with E-state index in [1.807, 2.05) is 6.07 Å². The molecule has 0 aliphatic carbocycles. The van der Waals surface area contributed by atoms with Crippen LogP contribution in [0.5, 0.6) is 0 Å². The molecule has 1 nitrogen and oxygen atoms in total. The van der Waals surface area contributed by atoms with Gasteiger partial charge in [-0.3, -0.25) is 0 Å². The maximum Gasteiger partial charge on any atom is 0.137 e. The maximum absolute atomic E-state index is 13.0. The van der Waals surface area contributed by atoms with Crippen molar-refractivity contribution >= 4 is 39.3 Å². The van der Waals surface area contributed by atoms with Gasteiger partial charge >= 0.3 is 0 Å². The highest BCUT2D eigenvalue weighted by Crippen LogP contribution is 2.24. The first kappa shape index (κ1) is 12.9. The van der Waals surface area contributed by atoms with Gasteiger partial charge in [0.05, 0.1) is 14.5 Å². The summed E-state index contributed by atoms with van der Waals surface area (Å²) in [7, 11) is 0. The molecule has 0 saturated heterocycles. The van der Waals surface area contributed by atoms with Crippen molar-refractivity contribution in [2.45, 2.75) is 10.8 Å². The fourth-order valence-electron chi connectivity index (χ4n) is 1.23. The van der Waals surface area contributed by atoms with Gasteiger partial charge in [-0.2, -0.15) is 0 Å². The number of benzene rings is 1. The molecule has 1 aromatic heterocycles. The van der Waals surface area contributed by atoms with Crippen LogP contribution in [0.2, 0.25) is 5.02 Å². The normalized spacial score (nSPS) is 10.5. The number of rotatable bonds is 3. The summed E-state index contributed by atoms with van der Waals surface area (Å²) in [5.74, 6) is 0.497. The number of hydrogen-bond acceptors (Lipinski definition) is 2. The summed E-state index contributed by atoms with van der Waals surface area (Å²) in [5.41, 5.74) is 1.04. The van der Waals surface area contributed by atoms with Crippen LogP contribution in [0.15, 0.2) is 46.0 Å². The molecular weight excluding hydrogens is 325 g/mol. The molecule has 0 N–H and O–H groups in total. The van der Waals surface area contributed by atoms with Crippen molar-refractivity contribution in [2.75, 3.05) is 0 Å². The van der Waals surface area contributed by atoms with E-state index in [1.54, 1.807) is 36.2 Å². The molecule has 0 spiro atoms. The highest BCUT2D eigenvalue weighted by Gasteiger charge is 2.02. The number of hydrogen-bond donors (Lipinski definition) is 0. The molecule has 2 rings (SSSR count). The van der Waals surface area contributed by atoms with Gasteiger partial charge in [0.25, 0.3) is 0 Å². The number of thioether (sulfide) groups is 1. The summed E-state index contributed by atoms with van der Waals surface area (Å²) < 4.78 is 13.5. The minimum Gasteiger partial charge on any atom is -0.248 e. The van der Waals surface area contributed by atoms with Crippen LogP contribution in [0, 0.1) is 5.82 Å². The Kier molecular flexibility index (Phi) is 4.42. The van der Waals surface area contributed by atoms with E-state index in [4.69, 9.17) is 11.6 Å². The molecule has 0 amide bonds. The quantitative estimate of drug-likeness (QED) is 0.739. The Morgan fingerprint density at radius 3 is 2.76 bits per heavy atom. The van der Waals surface area contributed by atoms with Crippen LogP contribution >= 0.6 is 39.3 Å². The predicted octanol–water partition coefficient (Wildman–Crippen LogP) is 4.93. The molecule has 1 heterocycles. The van der Waals surface area contributed by atoms with Crippen LogP contribution in [-0.2, 0) is 5.75 Å². The lowest BCUT2D eigenvalue weighted by Crippen LogP contribution is -1.85. The monoisotopic (exact) mass is 331 g/mol. The second kappa shape index (κ2) is 5.85. The largest absolute Gasteiger partial charge is 0.248 e. The molecule has 0 unspecified atom stereocenters. The van der Waals surface area contributed by atoms with Gasteiger partial charge in [-0.15, -0.1) is 11.8 Å². The first-order valence-corrected chi connectivity index (χ1v) is 6.99. The second-order valence-electron chi connectivity index (χ2n) is 3.35. The molecule has 2 aromatic rings. The topological polar surface area (TPSA) is 12.9 Å². The molecule has 0 bridgehead atoms. The van der Waals surface area contributed by atoms with Gasteiger partial charge in [0.1, 0.15) is 5.82 Å². The molecule has 17 heavy (non-hydrogen) atoms. The van der Waals surface area contributed by atoms with E-state index >= 15 is 0 Å². The predicted molar refractivity (Wildman–Crippen MR) is 72.9 cm³/mol. The third-order valence-electron chi connectivity index (χ3n) is 2.07. The molecule has 0 saturated carbocycles. The number of pyridine rings is 1. The van der Waals surface area contributed by atoms with Crippen LogP contribution in [-0.4, -0.2) is 4.98 Å². The molecule has 0 atom stereocenters. The molecule has 0 aliphatic heterocycles. The van der Waals surface area contributed by atoms with E-state index in [9.17, 15) is 4.39 Å². The lowest BCUT2D eigenvalue weighted by atomic mass is 10.2. The number of halogens is 3. The van der Waals surface area contributed by atoms with Crippen molar-refractivity contribution in [1.29, 1.82) is 0 Å². The van der Waals surface area contributed by atoms with E-state index in [1.165, 1.54) is 6.07 Å². The van der Waals surface area contributed by atoms with Crippen molar-refractivity contribution in [2.24, 2.45) is 0 Å². The highest BCUT2D eigenvalue weighted by molar-refractivity contribution is 9.10. The smallest absolute Gasteiger partial charge is 0.137 e. The lowest BCUT2D eigenvalue weighted by molar-refractivity contribution is 0.620. The molecule has 0 radical (unpaired) electrons. The summed E-state index contributed by atoms with van der Waals surface area (Å²) in [6.07, 6.45) is 1.62. The van der Waals surface area contributed by atoms with Crippen LogP contribution in [0.25, 0.3) is 0 Å². The zero-order valence-corrected chi connectivity index (χ0v) is 11.8. The van der Waals surface area contributed by atoms with E-state index in [-0.39, 0.29) is 5.82 Å². The van der Waals surface area contributed by atoms with Crippen LogP contribution in [0.3, 0.4) is 0 Å². The third-order valence-corrected chi connectivity index (χ3v) is 3.92. The minimum absolute atomic E-state index is 0.247. The second-order valence-corrected chi connectivity index (χ2v) is 5.64.